The van der Waals surface area contributed by atoms with E-state index in [4.69, 9.17) is 4.74 Å². The molecule has 0 fully saturated rings. The lowest BCUT2D eigenvalue weighted by molar-refractivity contribution is 0.0566. The monoisotopic (exact) mass is 482 g/mol. The number of carbonyl (C=O) groups excluding carboxylic acids is 2. The average Bonchev–Trinajstić information content (AvgIpc) is 3.31. The highest BCUT2D eigenvalue weighted by atomic mass is 16.5. The van der Waals surface area contributed by atoms with Gasteiger partial charge in [-0.15, -0.1) is 0 Å². The first-order chi connectivity index (χ1) is 16.9. The van der Waals surface area contributed by atoms with Gasteiger partial charge in [0.15, 0.2) is 0 Å². The minimum absolute atomic E-state index is 0.00946. The number of amides is 2. The Kier molecular flexibility index (Phi) is 10.2. The van der Waals surface area contributed by atoms with Gasteiger partial charge >= 0.3 is 0 Å². The van der Waals surface area contributed by atoms with Crippen molar-refractivity contribution in [3.05, 3.63) is 47.8 Å². The Labute approximate surface area is 210 Å². The Morgan fingerprint density at radius 1 is 1.11 bits per heavy atom. The van der Waals surface area contributed by atoms with Crippen LogP contribution in [0.2, 0.25) is 0 Å². The number of nitrogens with zero attached hydrogens (tertiary/aromatic N) is 4. The molecule has 0 spiro atoms. The van der Waals surface area contributed by atoms with Crippen LogP contribution in [0.4, 0.5) is 0 Å². The molecule has 35 heavy (non-hydrogen) atoms. The van der Waals surface area contributed by atoms with Crippen LogP contribution in [0.1, 0.15) is 86.9 Å². The van der Waals surface area contributed by atoms with E-state index < -0.39 is 0 Å². The molecule has 0 aliphatic carbocycles. The van der Waals surface area contributed by atoms with E-state index in [-0.39, 0.29) is 17.9 Å². The summed E-state index contributed by atoms with van der Waals surface area (Å²) in [7, 11) is 0. The summed E-state index contributed by atoms with van der Waals surface area (Å²) in [5.41, 5.74) is 1.22. The first kappa shape index (κ1) is 26.8. The molecule has 1 aromatic heterocycles. The average molecular weight is 483 g/mol. The van der Waals surface area contributed by atoms with Gasteiger partial charge in [-0.05, 0) is 50.7 Å². The number of rotatable bonds is 6. The molecule has 1 aromatic carbocycles. The zero-order chi connectivity index (χ0) is 25.2. The number of carbonyl (C=O) groups is 2. The van der Waals surface area contributed by atoms with Crippen LogP contribution < -0.4 is 4.74 Å². The molecule has 0 saturated carbocycles. The molecule has 1 aliphatic rings. The van der Waals surface area contributed by atoms with Crippen molar-refractivity contribution in [2.45, 2.75) is 78.8 Å². The molecule has 0 N–H and O–H groups in total. The molecule has 1 aliphatic heterocycles. The summed E-state index contributed by atoms with van der Waals surface area (Å²) >= 11 is 0. The third-order valence-corrected chi connectivity index (χ3v) is 6.57. The molecule has 0 unspecified atom stereocenters. The van der Waals surface area contributed by atoms with Gasteiger partial charge < -0.3 is 14.5 Å². The standard InChI is InChI=1S/C28H42N4O3/c1-5-15-31-20-23(19-29-31)27(33)32-17-12-8-7-11-16-30(6-2)28(34)25-13-9-10-14-26(25)35-21-24(32)18-22(3)4/h9-10,13-14,19-20,22,24H,5-8,11-12,15-18,21H2,1-4H3/t24-/m0/s1. The SMILES string of the molecule is CCCn1cc(C(=O)N2CCCCCCN(CC)C(=O)c3ccccc3OC[C@@H]2CC(C)C)cn1. The van der Waals surface area contributed by atoms with Gasteiger partial charge in [-0.25, -0.2) is 0 Å². The second-order valence-electron chi connectivity index (χ2n) is 9.88. The van der Waals surface area contributed by atoms with E-state index >= 15 is 0 Å². The fourth-order valence-electron chi connectivity index (χ4n) is 4.74. The van der Waals surface area contributed by atoms with Gasteiger partial charge in [-0.3, -0.25) is 14.3 Å². The van der Waals surface area contributed by atoms with E-state index in [1.165, 1.54) is 0 Å². The number of aryl methyl sites for hydroxylation is 1. The minimum atomic E-state index is -0.0922. The molecule has 7 heteroatoms. The fraction of sp³-hybridized carbons (Fsp3) is 0.607. The zero-order valence-corrected chi connectivity index (χ0v) is 21.9. The second kappa shape index (κ2) is 13.3. The number of hydrogen-bond donors (Lipinski definition) is 0. The first-order valence-corrected chi connectivity index (χ1v) is 13.3. The molecule has 3 rings (SSSR count). The van der Waals surface area contributed by atoms with Crippen LogP contribution in [0.3, 0.4) is 0 Å². The van der Waals surface area contributed by atoms with Crippen molar-refractivity contribution < 1.29 is 14.3 Å². The number of fused-ring (bicyclic) bond motifs is 1. The van der Waals surface area contributed by atoms with Crippen LogP contribution in [0.5, 0.6) is 5.75 Å². The van der Waals surface area contributed by atoms with Crippen molar-refractivity contribution in [2.75, 3.05) is 26.2 Å². The zero-order valence-electron chi connectivity index (χ0n) is 21.9. The quantitative estimate of drug-likeness (QED) is 0.563. The van der Waals surface area contributed by atoms with Crippen molar-refractivity contribution in [1.29, 1.82) is 0 Å². The molecule has 0 bridgehead atoms. The third kappa shape index (κ3) is 7.33. The molecule has 2 aromatic rings. The van der Waals surface area contributed by atoms with Crippen LogP contribution in [-0.2, 0) is 6.54 Å². The van der Waals surface area contributed by atoms with E-state index in [1.54, 1.807) is 6.20 Å². The summed E-state index contributed by atoms with van der Waals surface area (Å²) in [6, 6.07) is 7.39. The van der Waals surface area contributed by atoms with E-state index in [0.29, 0.717) is 42.5 Å². The summed E-state index contributed by atoms with van der Waals surface area (Å²) in [5.74, 6) is 1.00. The lowest BCUT2D eigenvalue weighted by Gasteiger charge is -2.33. The summed E-state index contributed by atoms with van der Waals surface area (Å²) in [4.78, 5) is 30.9. The van der Waals surface area contributed by atoms with Gasteiger partial charge in [0.05, 0.1) is 23.4 Å². The highest BCUT2D eigenvalue weighted by molar-refractivity contribution is 5.97. The molecule has 0 saturated heterocycles. The molecule has 2 heterocycles. The van der Waals surface area contributed by atoms with Crippen molar-refractivity contribution in [3.8, 4) is 5.75 Å². The topological polar surface area (TPSA) is 67.7 Å². The number of benzene rings is 1. The second-order valence-corrected chi connectivity index (χ2v) is 9.88. The maximum absolute atomic E-state index is 13.7. The molecular weight excluding hydrogens is 440 g/mol. The van der Waals surface area contributed by atoms with E-state index in [1.807, 2.05) is 51.9 Å². The summed E-state index contributed by atoms with van der Waals surface area (Å²) in [6.45, 7) is 11.7. The Morgan fingerprint density at radius 2 is 1.86 bits per heavy atom. The highest BCUT2D eigenvalue weighted by Gasteiger charge is 2.28. The van der Waals surface area contributed by atoms with Crippen LogP contribution in [0.25, 0.3) is 0 Å². The summed E-state index contributed by atoms with van der Waals surface area (Å²) in [6.07, 6.45) is 9.28. The highest BCUT2D eigenvalue weighted by Crippen LogP contribution is 2.24. The predicted molar refractivity (Wildman–Crippen MR) is 139 cm³/mol. The molecule has 1 atom stereocenters. The fourth-order valence-corrected chi connectivity index (χ4v) is 4.74. The van der Waals surface area contributed by atoms with E-state index in [9.17, 15) is 9.59 Å². The normalized spacial score (nSPS) is 18.2. The van der Waals surface area contributed by atoms with Crippen molar-refractivity contribution in [3.63, 3.8) is 0 Å². The Balaban J connectivity index is 1.91. The summed E-state index contributed by atoms with van der Waals surface area (Å²) < 4.78 is 8.15. The van der Waals surface area contributed by atoms with Gasteiger partial charge in [0.1, 0.15) is 12.4 Å². The number of aromatic nitrogens is 2. The largest absolute Gasteiger partial charge is 0.491 e. The molecule has 192 valence electrons. The Hall–Kier alpha value is -2.83. The van der Waals surface area contributed by atoms with Crippen LogP contribution in [-0.4, -0.2) is 63.7 Å². The predicted octanol–water partition coefficient (Wildman–Crippen LogP) is 5.27. The van der Waals surface area contributed by atoms with Crippen molar-refractivity contribution in [2.24, 2.45) is 5.92 Å². The molecule has 0 radical (unpaired) electrons. The maximum Gasteiger partial charge on any atom is 0.257 e. The molecular formula is C28H42N4O3. The lowest BCUT2D eigenvalue weighted by atomic mass is 10.0. The van der Waals surface area contributed by atoms with Crippen molar-refractivity contribution in [1.82, 2.24) is 19.6 Å². The first-order valence-electron chi connectivity index (χ1n) is 13.3. The minimum Gasteiger partial charge on any atom is -0.491 e. The number of hydrogen-bond acceptors (Lipinski definition) is 4. The molecule has 2 amide bonds. The van der Waals surface area contributed by atoms with Gasteiger partial charge in [0.2, 0.25) is 0 Å². The van der Waals surface area contributed by atoms with Gasteiger partial charge in [0.25, 0.3) is 11.8 Å². The van der Waals surface area contributed by atoms with Crippen LogP contribution >= 0.6 is 0 Å². The van der Waals surface area contributed by atoms with Crippen LogP contribution in [0.15, 0.2) is 36.7 Å². The lowest BCUT2D eigenvalue weighted by Crippen LogP contribution is -2.45. The van der Waals surface area contributed by atoms with Crippen molar-refractivity contribution >= 4 is 11.8 Å². The van der Waals surface area contributed by atoms with E-state index in [2.05, 4.69) is 25.9 Å². The Morgan fingerprint density at radius 3 is 2.57 bits per heavy atom. The summed E-state index contributed by atoms with van der Waals surface area (Å²) in [5, 5.41) is 4.38. The smallest absolute Gasteiger partial charge is 0.257 e. The van der Waals surface area contributed by atoms with Gasteiger partial charge in [-0.1, -0.05) is 45.7 Å². The third-order valence-electron chi connectivity index (χ3n) is 6.57. The number of para-hydroxylation sites is 1. The Bertz CT molecular complexity index is 955. The molecule has 7 nitrogen and oxygen atoms in total. The van der Waals surface area contributed by atoms with Crippen LogP contribution in [0, 0.1) is 5.92 Å². The number of ether oxygens (including phenoxy) is 1. The maximum atomic E-state index is 13.7. The van der Waals surface area contributed by atoms with Gasteiger partial charge in [-0.2, -0.15) is 5.10 Å². The van der Waals surface area contributed by atoms with E-state index in [0.717, 1.165) is 51.6 Å². The van der Waals surface area contributed by atoms with Gasteiger partial charge in [0, 0.05) is 32.4 Å².